The summed E-state index contributed by atoms with van der Waals surface area (Å²) in [4.78, 5) is 9.03. The zero-order valence-corrected chi connectivity index (χ0v) is 14.0. The third-order valence-corrected chi connectivity index (χ3v) is 5.52. The monoisotopic (exact) mass is 337 g/mol. The minimum absolute atomic E-state index is 0.214. The highest BCUT2D eigenvalue weighted by Crippen LogP contribution is 2.56. The molecule has 2 N–H and O–H groups in total. The lowest BCUT2D eigenvalue weighted by atomic mass is 9.64. The minimum atomic E-state index is -0.541. The molecule has 0 radical (unpaired) electrons. The molecule has 128 valence electrons. The Morgan fingerprint density at radius 1 is 1.00 bits per heavy atom. The first-order valence-corrected chi connectivity index (χ1v) is 8.38. The lowest BCUT2D eigenvalue weighted by Gasteiger charge is -2.53. The van der Waals surface area contributed by atoms with Crippen molar-refractivity contribution in [3.63, 3.8) is 0 Å². The van der Waals surface area contributed by atoms with E-state index in [0.29, 0.717) is 26.4 Å². The number of ether oxygens (including phenoxy) is 3. The summed E-state index contributed by atoms with van der Waals surface area (Å²) in [5.41, 5.74) is 9.37. The van der Waals surface area contributed by atoms with Gasteiger partial charge in [-0.3, -0.25) is 4.98 Å². The molecule has 25 heavy (non-hydrogen) atoms. The maximum absolute atomic E-state index is 6.06. The van der Waals surface area contributed by atoms with Crippen LogP contribution in [0.3, 0.4) is 0 Å². The Labute approximate surface area is 145 Å². The van der Waals surface area contributed by atoms with Crippen LogP contribution in [0.2, 0.25) is 0 Å². The van der Waals surface area contributed by atoms with E-state index in [2.05, 4.69) is 23.2 Å². The lowest BCUT2D eigenvalue weighted by molar-refractivity contribution is -0.184. The van der Waals surface area contributed by atoms with Gasteiger partial charge in [0.1, 0.15) is 24.5 Å². The van der Waals surface area contributed by atoms with Crippen molar-refractivity contribution >= 4 is 6.02 Å². The Morgan fingerprint density at radius 2 is 1.84 bits per heavy atom. The molecule has 0 aliphatic carbocycles. The molecule has 2 aromatic rings. The van der Waals surface area contributed by atoms with E-state index in [1.165, 1.54) is 0 Å². The summed E-state index contributed by atoms with van der Waals surface area (Å²) in [6.45, 7) is 4.19. The summed E-state index contributed by atoms with van der Waals surface area (Å²) in [7, 11) is 0. The molecule has 5 rings (SSSR count). The number of hydrogen-bond donors (Lipinski definition) is 1. The van der Waals surface area contributed by atoms with Crippen LogP contribution in [0, 0.1) is 12.3 Å². The van der Waals surface area contributed by atoms with Gasteiger partial charge in [0.05, 0.1) is 18.6 Å². The number of aromatic nitrogens is 1. The van der Waals surface area contributed by atoms with Crippen molar-refractivity contribution in [3.05, 3.63) is 47.8 Å². The fourth-order valence-corrected chi connectivity index (χ4v) is 4.02. The Kier molecular flexibility index (Phi) is 2.92. The van der Waals surface area contributed by atoms with Crippen LogP contribution in [-0.4, -0.2) is 37.4 Å². The second-order valence-electron chi connectivity index (χ2n) is 7.06. The molecule has 1 fully saturated rings. The molecule has 0 saturated carbocycles. The van der Waals surface area contributed by atoms with E-state index in [0.717, 1.165) is 28.1 Å². The zero-order chi connectivity index (χ0) is 17.1. The summed E-state index contributed by atoms with van der Waals surface area (Å²) in [5, 5.41) is 0. The molecular weight excluding hydrogens is 318 g/mol. The number of rotatable bonds is 1. The number of benzene rings is 1. The van der Waals surface area contributed by atoms with Gasteiger partial charge in [0, 0.05) is 17.5 Å². The molecule has 0 bridgehead atoms. The van der Waals surface area contributed by atoms with E-state index in [1.807, 2.05) is 25.3 Å². The van der Waals surface area contributed by atoms with Crippen LogP contribution in [0.15, 0.2) is 41.5 Å². The first-order valence-electron chi connectivity index (χ1n) is 8.38. The van der Waals surface area contributed by atoms with Gasteiger partial charge in [0.25, 0.3) is 6.02 Å². The number of fused-ring (bicyclic) bond motifs is 3. The highest BCUT2D eigenvalue weighted by molar-refractivity contribution is 5.76. The van der Waals surface area contributed by atoms with E-state index in [-0.39, 0.29) is 11.4 Å². The Morgan fingerprint density at radius 3 is 2.52 bits per heavy atom. The SMILES string of the molecule is Cc1cc(-c2ccc3c(c2)C2(COC(N)=N2)C2(COC2)CO3)ccn1. The van der Waals surface area contributed by atoms with E-state index in [9.17, 15) is 0 Å². The zero-order valence-electron chi connectivity index (χ0n) is 14.0. The van der Waals surface area contributed by atoms with Crippen molar-refractivity contribution in [2.24, 2.45) is 16.1 Å². The van der Waals surface area contributed by atoms with E-state index in [4.69, 9.17) is 24.9 Å². The van der Waals surface area contributed by atoms with Gasteiger partial charge in [0.15, 0.2) is 0 Å². The largest absolute Gasteiger partial charge is 0.492 e. The average molecular weight is 337 g/mol. The molecule has 0 amide bonds. The molecule has 2 spiro atoms. The van der Waals surface area contributed by atoms with Crippen LogP contribution in [0.4, 0.5) is 0 Å². The van der Waals surface area contributed by atoms with Gasteiger partial charge < -0.3 is 19.9 Å². The molecule has 1 aromatic heterocycles. The van der Waals surface area contributed by atoms with E-state index >= 15 is 0 Å². The van der Waals surface area contributed by atoms with Gasteiger partial charge in [-0.25, -0.2) is 4.99 Å². The van der Waals surface area contributed by atoms with E-state index < -0.39 is 5.54 Å². The number of hydrogen-bond acceptors (Lipinski definition) is 6. The standard InChI is InChI=1S/C19H19N3O3/c1-12-6-14(4-5-21-12)13-2-3-16-15(7-13)19(11-25-17(20)22-19)18(10-24-16)8-23-9-18/h2-7H,8-11H2,1H3,(H2,20,22). The number of nitrogens with zero attached hydrogens (tertiary/aromatic N) is 2. The van der Waals surface area contributed by atoms with Crippen molar-refractivity contribution in [1.29, 1.82) is 0 Å². The smallest absolute Gasteiger partial charge is 0.283 e. The van der Waals surface area contributed by atoms with Crippen molar-refractivity contribution in [1.82, 2.24) is 4.98 Å². The number of amidine groups is 1. The van der Waals surface area contributed by atoms with Gasteiger partial charge in [0.2, 0.25) is 0 Å². The van der Waals surface area contributed by atoms with Crippen molar-refractivity contribution in [3.8, 4) is 16.9 Å². The molecule has 1 unspecified atom stereocenters. The highest BCUT2D eigenvalue weighted by Gasteiger charge is 2.63. The molecule has 1 aromatic carbocycles. The quantitative estimate of drug-likeness (QED) is 0.861. The first kappa shape index (κ1) is 14.7. The van der Waals surface area contributed by atoms with Crippen LogP contribution in [0.5, 0.6) is 5.75 Å². The van der Waals surface area contributed by atoms with Crippen molar-refractivity contribution in [2.75, 3.05) is 26.4 Å². The maximum atomic E-state index is 6.06. The molecule has 6 nitrogen and oxygen atoms in total. The maximum Gasteiger partial charge on any atom is 0.283 e. The van der Waals surface area contributed by atoms with Gasteiger partial charge in [-0.2, -0.15) is 0 Å². The van der Waals surface area contributed by atoms with Crippen LogP contribution >= 0.6 is 0 Å². The van der Waals surface area contributed by atoms with Crippen LogP contribution in [0.1, 0.15) is 11.3 Å². The Hall–Kier alpha value is -2.60. The van der Waals surface area contributed by atoms with Gasteiger partial charge >= 0.3 is 0 Å². The van der Waals surface area contributed by atoms with Crippen LogP contribution in [-0.2, 0) is 15.0 Å². The minimum Gasteiger partial charge on any atom is -0.492 e. The van der Waals surface area contributed by atoms with Crippen LogP contribution in [0.25, 0.3) is 11.1 Å². The predicted molar refractivity (Wildman–Crippen MR) is 92.4 cm³/mol. The molecular formula is C19H19N3O3. The first-order chi connectivity index (χ1) is 12.1. The van der Waals surface area contributed by atoms with Gasteiger partial charge in [-0.1, -0.05) is 6.07 Å². The third kappa shape index (κ3) is 1.94. The fourth-order valence-electron chi connectivity index (χ4n) is 4.02. The summed E-state index contributed by atoms with van der Waals surface area (Å²) in [5.74, 6) is 0.842. The number of nitrogens with two attached hydrogens (primary N) is 1. The predicted octanol–water partition coefficient (Wildman–Crippen LogP) is 2.01. The highest BCUT2D eigenvalue weighted by atomic mass is 16.5. The molecule has 1 atom stereocenters. The third-order valence-electron chi connectivity index (χ3n) is 5.52. The van der Waals surface area contributed by atoms with Gasteiger partial charge in [-0.05, 0) is 42.3 Å². The number of pyridine rings is 1. The number of aryl methyl sites for hydroxylation is 1. The van der Waals surface area contributed by atoms with Crippen molar-refractivity contribution < 1.29 is 14.2 Å². The second kappa shape index (κ2) is 4.95. The fraction of sp³-hybridized carbons (Fsp3) is 0.368. The molecule has 4 heterocycles. The van der Waals surface area contributed by atoms with Crippen molar-refractivity contribution in [2.45, 2.75) is 12.5 Å². The topological polar surface area (TPSA) is 79.0 Å². The lowest BCUT2D eigenvalue weighted by Crippen LogP contribution is -2.63. The summed E-state index contributed by atoms with van der Waals surface area (Å²) in [6, 6.07) is 10.6. The van der Waals surface area contributed by atoms with Crippen LogP contribution < -0.4 is 10.5 Å². The summed E-state index contributed by atoms with van der Waals surface area (Å²) < 4.78 is 17.2. The molecule has 3 aliphatic heterocycles. The number of aliphatic imine (C=N–C) groups is 1. The summed E-state index contributed by atoms with van der Waals surface area (Å²) >= 11 is 0. The second-order valence-corrected chi connectivity index (χ2v) is 7.06. The summed E-state index contributed by atoms with van der Waals surface area (Å²) in [6.07, 6.45) is 1.83. The normalized spacial score (nSPS) is 25.7. The Balaban J connectivity index is 1.69. The Bertz CT molecular complexity index is 891. The van der Waals surface area contributed by atoms with Gasteiger partial charge in [-0.15, -0.1) is 0 Å². The molecule has 1 saturated heterocycles. The molecule has 3 aliphatic rings. The average Bonchev–Trinajstić information content (AvgIpc) is 2.96. The molecule has 6 heteroatoms. The van der Waals surface area contributed by atoms with E-state index in [1.54, 1.807) is 0 Å².